The van der Waals surface area contributed by atoms with Crippen LogP contribution < -0.4 is 0 Å². The number of rotatable bonds is 12. The molecule has 42 heavy (non-hydrogen) atoms. The second-order valence-corrected chi connectivity index (χ2v) is 14.9. The van der Waals surface area contributed by atoms with Crippen LogP contribution in [0.15, 0.2) is 66.7 Å². The Labute approximate surface area is 258 Å². The van der Waals surface area contributed by atoms with Gasteiger partial charge in [0, 0.05) is 0 Å². The van der Waals surface area contributed by atoms with E-state index in [1.165, 1.54) is 42.4 Å². The van der Waals surface area contributed by atoms with Gasteiger partial charge in [-0.05, 0) is 121 Å². The highest BCUT2D eigenvalue weighted by Gasteiger charge is 2.49. The summed E-state index contributed by atoms with van der Waals surface area (Å²) in [6.07, 6.45) is 12.0. The Kier molecular flexibility index (Phi) is 11.2. The maximum absolute atomic E-state index is 10.7. The number of benzene rings is 2. The minimum Gasteiger partial charge on any atom is -0.393 e. The first-order valence-electron chi connectivity index (χ1n) is 17.2. The zero-order valence-electron chi connectivity index (χ0n) is 27.7. The van der Waals surface area contributed by atoms with Crippen molar-refractivity contribution >= 4 is 5.57 Å². The van der Waals surface area contributed by atoms with Gasteiger partial charge in [0.15, 0.2) is 0 Å². The summed E-state index contributed by atoms with van der Waals surface area (Å²) < 4.78 is 0. The molecule has 232 valence electrons. The zero-order valence-corrected chi connectivity index (χ0v) is 27.7. The van der Waals surface area contributed by atoms with E-state index in [-0.39, 0.29) is 23.5 Å². The first-order chi connectivity index (χ1) is 20.0. The lowest BCUT2D eigenvalue weighted by atomic mass is 9.54. The van der Waals surface area contributed by atoms with Crippen molar-refractivity contribution < 1.29 is 10.2 Å². The Balaban J connectivity index is 1.50. The van der Waals surface area contributed by atoms with Gasteiger partial charge >= 0.3 is 0 Å². The molecular formula is C40H60O2. The first-order valence-corrected chi connectivity index (χ1v) is 17.2. The van der Waals surface area contributed by atoms with Crippen LogP contribution in [-0.2, 0) is 0 Å². The summed E-state index contributed by atoms with van der Waals surface area (Å²) in [7, 11) is 0. The first kappa shape index (κ1) is 33.0. The van der Waals surface area contributed by atoms with Crippen molar-refractivity contribution in [1.29, 1.82) is 0 Å². The summed E-state index contributed by atoms with van der Waals surface area (Å²) in [5, 5.41) is 21.3. The van der Waals surface area contributed by atoms with Crippen molar-refractivity contribution in [1.82, 2.24) is 0 Å². The molecule has 0 aromatic heterocycles. The van der Waals surface area contributed by atoms with Crippen LogP contribution in [0.2, 0.25) is 0 Å². The molecule has 2 fully saturated rings. The van der Waals surface area contributed by atoms with E-state index in [4.69, 9.17) is 0 Å². The molecule has 0 bridgehead atoms. The predicted molar refractivity (Wildman–Crippen MR) is 179 cm³/mol. The smallest absolute Gasteiger partial charge is 0.0543 e. The number of hydrogen-bond donors (Lipinski definition) is 2. The standard InChI is InChI=1S/C40H60O2/c1-8-35(31(5)41)38-27-34(42)24-26-40(38,7)30(4)23-25-39(6)29(3)20-22-37(39)28(2)19-21-36(32-15-11-9-12-16-32)33-17-13-10-14-18-33/h9-18,21,28-31,34-35,37-38,41-42H,8,19-20,22-27H2,1-7H3/t28-,29?,30?,31+,34-,35+,37-,38?,39+,40-/m1/s1. The molecular weight excluding hydrogens is 512 g/mol. The molecule has 2 aromatic rings. The summed E-state index contributed by atoms with van der Waals surface area (Å²) in [4.78, 5) is 0. The Morgan fingerprint density at radius 1 is 0.905 bits per heavy atom. The summed E-state index contributed by atoms with van der Waals surface area (Å²) >= 11 is 0. The third-order valence-electron chi connectivity index (χ3n) is 12.7. The van der Waals surface area contributed by atoms with Crippen LogP contribution in [0.3, 0.4) is 0 Å². The highest BCUT2D eigenvalue weighted by atomic mass is 16.3. The zero-order chi connectivity index (χ0) is 30.5. The molecule has 2 heteroatoms. The van der Waals surface area contributed by atoms with Gasteiger partial charge < -0.3 is 10.2 Å². The van der Waals surface area contributed by atoms with Crippen molar-refractivity contribution in [2.24, 2.45) is 46.3 Å². The van der Waals surface area contributed by atoms with Gasteiger partial charge in [0.05, 0.1) is 12.2 Å². The second kappa shape index (κ2) is 14.3. The van der Waals surface area contributed by atoms with Crippen LogP contribution in [0.5, 0.6) is 0 Å². The molecule has 0 aliphatic heterocycles. The topological polar surface area (TPSA) is 40.5 Å². The summed E-state index contributed by atoms with van der Waals surface area (Å²) in [6, 6.07) is 21.8. The minimum atomic E-state index is -0.320. The third-order valence-corrected chi connectivity index (χ3v) is 12.7. The van der Waals surface area contributed by atoms with Gasteiger partial charge in [-0.2, -0.15) is 0 Å². The van der Waals surface area contributed by atoms with Crippen LogP contribution >= 0.6 is 0 Å². The van der Waals surface area contributed by atoms with Crippen LogP contribution in [0.25, 0.3) is 5.57 Å². The molecule has 4 rings (SSSR count). The van der Waals surface area contributed by atoms with Gasteiger partial charge in [0.1, 0.15) is 0 Å². The van der Waals surface area contributed by atoms with E-state index >= 15 is 0 Å². The van der Waals surface area contributed by atoms with Crippen molar-refractivity contribution in [3.05, 3.63) is 77.9 Å². The molecule has 2 N–H and O–H groups in total. The molecule has 2 nitrogen and oxygen atoms in total. The number of aliphatic hydroxyl groups is 2. The fraction of sp³-hybridized carbons (Fsp3) is 0.650. The molecule has 2 saturated carbocycles. The molecule has 0 spiro atoms. The molecule has 2 aliphatic carbocycles. The van der Waals surface area contributed by atoms with Gasteiger partial charge in [-0.1, -0.05) is 115 Å². The highest BCUT2D eigenvalue weighted by molar-refractivity contribution is 5.79. The third kappa shape index (κ3) is 7.07. The molecule has 3 unspecified atom stereocenters. The average Bonchev–Trinajstić information content (AvgIpc) is 3.28. The van der Waals surface area contributed by atoms with Crippen molar-refractivity contribution in [2.45, 2.75) is 118 Å². The van der Waals surface area contributed by atoms with E-state index in [2.05, 4.69) is 108 Å². The minimum absolute atomic E-state index is 0.166. The summed E-state index contributed by atoms with van der Waals surface area (Å²) in [5.41, 5.74) is 4.46. The van der Waals surface area contributed by atoms with E-state index < -0.39 is 0 Å². The van der Waals surface area contributed by atoms with Crippen LogP contribution in [-0.4, -0.2) is 22.4 Å². The second-order valence-electron chi connectivity index (χ2n) is 14.9. The van der Waals surface area contributed by atoms with Crippen LogP contribution in [0.4, 0.5) is 0 Å². The van der Waals surface area contributed by atoms with Gasteiger partial charge in [-0.3, -0.25) is 0 Å². The van der Waals surface area contributed by atoms with E-state index in [9.17, 15) is 10.2 Å². The van der Waals surface area contributed by atoms with E-state index in [0.29, 0.717) is 23.2 Å². The molecule has 0 radical (unpaired) electrons. The molecule has 10 atom stereocenters. The number of hydrogen-bond acceptors (Lipinski definition) is 2. The van der Waals surface area contributed by atoms with Gasteiger partial charge in [0.25, 0.3) is 0 Å². The maximum Gasteiger partial charge on any atom is 0.0543 e. The lowest BCUT2D eigenvalue weighted by Crippen LogP contribution is -2.47. The normalized spacial score (nSPS) is 32.6. The monoisotopic (exact) mass is 572 g/mol. The molecule has 0 amide bonds. The quantitative estimate of drug-likeness (QED) is 0.266. The Morgan fingerprint density at radius 2 is 1.50 bits per heavy atom. The van der Waals surface area contributed by atoms with Crippen LogP contribution in [0, 0.1) is 46.3 Å². The van der Waals surface area contributed by atoms with E-state index in [1.54, 1.807) is 0 Å². The summed E-state index contributed by atoms with van der Waals surface area (Å²) in [6.45, 7) is 16.8. The van der Waals surface area contributed by atoms with Gasteiger partial charge in [0.2, 0.25) is 0 Å². The molecule has 0 heterocycles. The fourth-order valence-electron chi connectivity index (χ4n) is 9.36. The molecule has 2 aromatic carbocycles. The maximum atomic E-state index is 10.7. The lowest BCUT2D eigenvalue weighted by molar-refractivity contribution is -0.0737. The van der Waals surface area contributed by atoms with Gasteiger partial charge in [-0.15, -0.1) is 0 Å². The number of allylic oxidation sites excluding steroid dienone is 1. The molecule has 0 saturated heterocycles. The predicted octanol–water partition coefficient (Wildman–Crippen LogP) is 10.2. The lowest BCUT2D eigenvalue weighted by Gasteiger charge is -2.52. The Morgan fingerprint density at radius 3 is 2.05 bits per heavy atom. The summed E-state index contributed by atoms with van der Waals surface area (Å²) in [5.74, 6) is 3.31. The van der Waals surface area contributed by atoms with E-state index in [0.717, 1.165) is 43.9 Å². The van der Waals surface area contributed by atoms with E-state index in [1.807, 2.05) is 6.92 Å². The van der Waals surface area contributed by atoms with Gasteiger partial charge in [-0.25, -0.2) is 0 Å². The number of aliphatic hydroxyl groups excluding tert-OH is 2. The van der Waals surface area contributed by atoms with Crippen molar-refractivity contribution in [3.63, 3.8) is 0 Å². The van der Waals surface area contributed by atoms with Crippen molar-refractivity contribution in [3.8, 4) is 0 Å². The van der Waals surface area contributed by atoms with Crippen LogP contribution in [0.1, 0.15) is 117 Å². The average molecular weight is 573 g/mol. The molecule has 2 aliphatic rings. The Bertz CT molecular complexity index is 1080. The highest BCUT2D eigenvalue weighted by Crippen LogP contribution is 2.57. The fourth-order valence-corrected chi connectivity index (χ4v) is 9.36. The Hall–Kier alpha value is -1.90. The largest absolute Gasteiger partial charge is 0.393 e. The SMILES string of the molecule is CC[C@H](C1C[C@H](O)CC[C@]1(C)C(C)CC[C@@]1(C)C(C)CC[C@@H]1[C@H](C)CC=C(c1ccccc1)c1ccccc1)[C@H](C)O. The van der Waals surface area contributed by atoms with Crippen molar-refractivity contribution in [2.75, 3.05) is 0 Å².